The number of aromatic nitrogens is 1. The van der Waals surface area contributed by atoms with Crippen molar-refractivity contribution in [2.24, 2.45) is 0 Å². The van der Waals surface area contributed by atoms with E-state index in [0.29, 0.717) is 25.3 Å². The number of hydrogen-bond acceptors (Lipinski definition) is 4. The van der Waals surface area contributed by atoms with Crippen molar-refractivity contribution in [3.05, 3.63) is 16.1 Å². The van der Waals surface area contributed by atoms with Crippen LogP contribution in [0.4, 0.5) is 0 Å². The van der Waals surface area contributed by atoms with E-state index in [9.17, 15) is 9.59 Å². The standard InChI is InChI=1S/C13H20ClN3O2S/c1-3-5-15-13(19)10-9-20-11(16-10)8-17(6-4-2)12(18)7-14/h9H,3-8H2,1-2H3,(H,15,19). The summed E-state index contributed by atoms with van der Waals surface area (Å²) in [5.41, 5.74) is 0.410. The molecule has 5 nitrogen and oxygen atoms in total. The minimum atomic E-state index is -0.167. The highest BCUT2D eigenvalue weighted by Crippen LogP contribution is 2.13. The monoisotopic (exact) mass is 317 g/mol. The van der Waals surface area contributed by atoms with Crippen LogP contribution in [0.15, 0.2) is 5.38 Å². The van der Waals surface area contributed by atoms with E-state index >= 15 is 0 Å². The second kappa shape index (κ2) is 8.92. The second-order valence-corrected chi connectivity index (χ2v) is 5.54. The van der Waals surface area contributed by atoms with Crippen molar-refractivity contribution in [3.8, 4) is 0 Å². The molecule has 0 aliphatic heterocycles. The van der Waals surface area contributed by atoms with Crippen LogP contribution in [0, 0.1) is 0 Å². The van der Waals surface area contributed by atoms with Gasteiger partial charge in [0.1, 0.15) is 16.6 Å². The van der Waals surface area contributed by atoms with Gasteiger partial charge in [0.15, 0.2) is 0 Å². The molecule has 0 unspecified atom stereocenters. The molecule has 1 rings (SSSR count). The molecular formula is C13H20ClN3O2S. The predicted octanol–water partition coefficient (Wildman–Crippen LogP) is 2.26. The maximum Gasteiger partial charge on any atom is 0.270 e. The zero-order valence-corrected chi connectivity index (χ0v) is 13.4. The van der Waals surface area contributed by atoms with Crippen LogP contribution in [0.5, 0.6) is 0 Å². The van der Waals surface area contributed by atoms with Crippen LogP contribution in [0.3, 0.4) is 0 Å². The first-order valence-corrected chi connectivity index (χ1v) is 8.10. The third-order valence-corrected chi connectivity index (χ3v) is 3.67. The summed E-state index contributed by atoms with van der Waals surface area (Å²) in [7, 11) is 0. The summed E-state index contributed by atoms with van der Waals surface area (Å²) in [4.78, 5) is 29.4. The summed E-state index contributed by atoms with van der Waals surface area (Å²) in [5, 5.41) is 5.24. The lowest BCUT2D eigenvalue weighted by molar-refractivity contribution is -0.129. The number of thiazole rings is 1. The fraction of sp³-hybridized carbons (Fsp3) is 0.615. The molecule has 0 fully saturated rings. The van der Waals surface area contributed by atoms with Gasteiger partial charge in [0.05, 0.1) is 6.54 Å². The van der Waals surface area contributed by atoms with E-state index in [1.165, 1.54) is 11.3 Å². The average Bonchev–Trinajstić information content (AvgIpc) is 2.92. The quantitative estimate of drug-likeness (QED) is 0.748. The lowest BCUT2D eigenvalue weighted by Crippen LogP contribution is -2.32. The normalized spacial score (nSPS) is 10.3. The van der Waals surface area contributed by atoms with Gasteiger partial charge in [0.25, 0.3) is 5.91 Å². The smallest absolute Gasteiger partial charge is 0.270 e. The minimum absolute atomic E-state index is 0.0325. The van der Waals surface area contributed by atoms with E-state index in [1.54, 1.807) is 10.3 Å². The molecule has 0 aliphatic carbocycles. The summed E-state index contributed by atoms with van der Waals surface area (Å²) in [5.74, 6) is -0.310. The third kappa shape index (κ3) is 5.09. The summed E-state index contributed by atoms with van der Waals surface area (Å²) in [6.45, 7) is 5.68. The minimum Gasteiger partial charge on any atom is -0.351 e. The molecule has 0 saturated carbocycles. The van der Waals surface area contributed by atoms with Crippen LogP contribution in [-0.2, 0) is 11.3 Å². The van der Waals surface area contributed by atoms with Crippen molar-refractivity contribution in [1.29, 1.82) is 0 Å². The Morgan fingerprint density at radius 2 is 2.15 bits per heavy atom. The van der Waals surface area contributed by atoms with Gasteiger partial charge < -0.3 is 10.2 Å². The molecular weight excluding hydrogens is 298 g/mol. The largest absolute Gasteiger partial charge is 0.351 e. The van der Waals surface area contributed by atoms with Gasteiger partial charge in [-0.1, -0.05) is 13.8 Å². The van der Waals surface area contributed by atoms with E-state index in [2.05, 4.69) is 10.3 Å². The molecule has 2 amide bonds. The van der Waals surface area contributed by atoms with Crippen molar-refractivity contribution in [2.45, 2.75) is 33.2 Å². The number of nitrogens with zero attached hydrogens (tertiary/aromatic N) is 2. The van der Waals surface area contributed by atoms with Crippen LogP contribution in [-0.4, -0.2) is 40.7 Å². The Morgan fingerprint density at radius 3 is 2.75 bits per heavy atom. The van der Waals surface area contributed by atoms with Gasteiger partial charge in [0.2, 0.25) is 5.91 Å². The maximum atomic E-state index is 11.7. The molecule has 0 aromatic carbocycles. The Bertz CT molecular complexity index is 451. The summed E-state index contributed by atoms with van der Waals surface area (Å²) < 4.78 is 0. The highest BCUT2D eigenvalue weighted by Gasteiger charge is 2.15. The number of carbonyl (C=O) groups excluding carboxylic acids is 2. The third-order valence-electron chi connectivity index (χ3n) is 2.61. The fourth-order valence-corrected chi connectivity index (χ4v) is 2.58. The van der Waals surface area contributed by atoms with Gasteiger partial charge in [-0.05, 0) is 12.8 Å². The Hall–Kier alpha value is -1.14. The molecule has 1 N–H and O–H groups in total. The molecule has 1 heterocycles. The second-order valence-electron chi connectivity index (χ2n) is 4.33. The van der Waals surface area contributed by atoms with Gasteiger partial charge in [-0.15, -0.1) is 22.9 Å². The summed E-state index contributed by atoms with van der Waals surface area (Å²) >= 11 is 6.97. The van der Waals surface area contributed by atoms with E-state index in [0.717, 1.165) is 17.8 Å². The highest BCUT2D eigenvalue weighted by molar-refractivity contribution is 7.09. The number of rotatable bonds is 8. The van der Waals surface area contributed by atoms with Crippen LogP contribution in [0.2, 0.25) is 0 Å². The summed E-state index contributed by atoms with van der Waals surface area (Å²) in [6.07, 6.45) is 1.75. The molecule has 1 aromatic heterocycles. The van der Waals surface area contributed by atoms with Gasteiger partial charge in [0, 0.05) is 18.5 Å². The Balaban J connectivity index is 2.65. The van der Waals surface area contributed by atoms with Crippen LogP contribution in [0.1, 0.15) is 42.2 Å². The number of carbonyl (C=O) groups is 2. The number of alkyl halides is 1. The maximum absolute atomic E-state index is 11.7. The van der Waals surface area contributed by atoms with Crippen molar-refractivity contribution in [1.82, 2.24) is 15.2 Å². The van der Waals surface area contributed by atoms with E-state index in [4.69, 9.17) is 11.6 Å². The van der Waals surface area contributed by atoms with E-state index in [1.807, 2.05) is 13.8 Å². The molecule has 7 heteroatoms. The lowest BCUT2D eigenvalue weighted by Gasteiger charge is -2.19. The number of hydrogen-bond donors (Lipinski definition) is 1. The van der Waals surface area contributed by atoms with Crippen LogP contribution in [0.25, 0.3) is 0 Å². The molecule has 0 bridgehead atoms. The van der Waals surface area contributed by atoms with Gasteiger partial charge >= 0.3 is 0 Å². The Morgan fingerprint density at radius 1 is 1.40 bits per heavy atom. The van der Waals surface area contributed by atoms with Gasteiger partial charge in [-0.25, -0.2) is 4.98 Å². The molecule has 112 valence electrons. The molecule has 0 spiro atoms. The zero-order chi connectivity index (χ0) is 15.0. The first-order valence-electron chi connectivity index (χ1n) is 6.68. The van der Waals surface area contributed by atoms with Crippen LogP contribution < -0.4 is 5.32 Å². The Kier molecular flexibility index (Phi) is 7.54. The molecule has 20 heavy (non-hydrogen) atoms. The molecule has 0 saturated heterocycles. The highest BCUT2D eigenvalue weighted by atomic mass is 35.5. The van der Waals surface area contributed by atoms with E-state index in [-0.39, 0.29) is 17.7 Å². The van der Waals surface area contributed by atoms with Crippen molar-refractivity contribution >= 4 is 34.8 Å². The topological polar surface area (TPSA) is 62.3 Å². The number of amides is 2. The fourth-order valence-electron chi connectivity index (χ4n) is 1.63. The van der Waals surface area contributed by atoms with Crippen molar-refractivity contribution in [3.63, 3.8) is 0 Å². The van der Waals surface area contributed by atoms with Crippen molar-refractivity contribution < 1.29 is 9.59 Å². The Labute approximate surface area is 128 Å². The molecule has 0 atom stereocenters. The summed E-state index contributed by atoms with van der Waals surface area (Å²) in [6, 6.07) is 0. The SMILES string of the molecule is CCCNC(=O)c1csc(CN(CCC)C(=O)CCl)n1. The first kappa shape index (κ1) is 16.9. The number of nitrogens with one attached hydrogen (secondary N) is 1. The zero-order valence-electron chi connectivity index (χ0n) is 11.8. The van der Waals surface area contributed by atoms with Crippen molar-refractivity contribution in [2.75, 3.05) is 19.0 Å². The molecule has 0 aliphatic rings. The average molecular weight is 318 g/mol. The van der Waals surface area contributed by atoms with Gasteiger partial charge in [-0.3, -0.25) is 9.59 Å². The number of halogens is 1. The van der Waals surface area contributed by atoms with Gasteiger partial charge in [-0.2, -0.15) is 0 Å². The van der Waals surface area contributed by atoms with Crippen LogP contribution >= 0.6 is 22.9 Å². The predicted molar refractivity (Wildman–Crippen MR) is 81.2 cm³/mol. The lowest BCUT2D eigenvalue weighted by atomic mass is 10.4. The molecule has 0 radical (unpaired) electrons. The first-order chi connectivity index (χ1) is 9.62. The molecule has 1 aromatic rings. The van der Waals surface area contributed by atoms with E-state index < -0.39 is 0 Å².